The van der Waals surface area contributed by atoms with E-state index in [1.165, 1.54) is 6.20 Å². The number of Topliss-reactive ketones (excluding diaryl/α,β-unsaturated/α-hetero) is 1. The molecule has 0 aliphatic rings. The number of aromatic nitrogens is 3. The van der Waals surface area contributed by atoms with Gasteiger partial charge in [0.1, 0.15) is 11.6 Å². The fraction of sp³-hybridized carbons (Fsp3) is 0.200. The highest BCUT2D eigenvalue weighted by molar-refractivity contribution is 6.46. The number of aromatic amines is 1. The summed E-state index contributed by atoms with van der Waals surface area (Å²) in [4.78, 5) is 23.8. The minimum absolute atomic E-state index is 0.241. The molecule has 2 aromatic heterocycles. The molecule has 0 bridgehead atoms. The van der Waals surface area contributed by atoms with Crippen molar-refractivity contribution in [3.8, 4) is 11.3 Å². The number of benzene rings is 1. The summed E-state index contributed by atoms with van der Waals surface area (Å²) in [5.74, 6) is -2.78. The Morgan fingerprint density at radius 2 is 1.90 bits per heavy atom. The van der Waals surface area contributed by atoms with Crippen molar-refractivity contribution in [2.24, 2.45) is 0 Å². The van der Waals surface area contributed by atoms with E-state index in [1.807, 2.05) is 0 Å². The Bertz CT molecular complexity index is 1040. The molecule has 29 heavy (non-hydrogen) atoms. The SMILES string of the molecule is CCC(C(=N)C(=O)c1cc(F)ccc1C(F)(F)F)c1ncc(-c2ccncc2)[nH]1. The van der Waals surface area contributed by atoms with Crippen LogP contribution in [0.1, 0.15) is 41.0 Å². The average molecular weight is 404 g/mol. The first-order valence-corrected chi connectivity index (χ1v) is 8.67. The van der Waals surface area contributed by atoms with Crippen LogP contribution in [0.15, 0.2) is 48.9 Å². The smallest absolute Gasteiger partial charge is 0.341 e. The molecule has 5 nitrogen and oxygen atoms in total. The zero-order valence-electron chi connectivity index (χ0n) is 15.2. The summed E-state index contributed by atoms with van der Waals surface area (Å²) in [6.07, 6.45) is 0.0709. The van der Waals surface area contributed by atoms with E-state index in [2.05, 4.69) is 15.0 Å². The van der Waals surface area contributed by atoms with Gasteiger partial charge in [-0.25, -0.2) is 9.37 Å². The normalized spacial score (nSPS) is 12.6. The standard InChI is InChI=1S/C20H16F4N4O/c1-2-13(19-27-10-16(28-19)11-5-7-26-8-6-11)17(25)18(29)14-9-12(21)3-4-15(14)20(22,23)24/h3-10,13,25H,2H2,1H3,(H,27,28). The number of alkyl halides is 3. The van der Waals surface area contributed by atoms with Crippen molar-refractivity contribution in [3.63, 3.8) is 0 Å². The van der Waals surface area contributed by atoms with Crippen LogP contribution in [0.5, 0.6) is 0 Å². The number of hydrogen-bond acceptors (Lipinski definition) is 4. The van der Waals surface area contributed by atoms with Crippen LogP contribution in [-0.4, -0.2) is 26.4 Å². The van der Waals surface area contributed by atoms with Gasteiger partial charge in [-0.2, -0.15) is 13.2 Å². The average Bonchev–Trinajstić information content (AvgIpc) is 3.17. The summed E-state index contributed by atoms with van der Waals surface area (Å²) >= 11 is 0. The molecule has 0 amide bonds. The van der Waals surface area contributed by atoms with Gasteiger partial charge >= 0.3 is 6.18 Å². The maximum absolute atomic E-state index is 13.5. The molecule has 1 unspecified atom stereocenters. The molecule has 2 N–H and O–H groups in total. The number of H-pyrrole nitrogens is 1. The summed E-state index contributed by atoms with van der Waals surface area (Å²) in [6.45, 7) is 1.68. The molecule has 2 heterocycles. The number of nitrogens with one attached hydrogen (secondary N) is 2. The van der Waals surface area contributed by atoms with Crippen LogP contribution in [0, 0.1) is 11.2 Å². The Labute approximate surface area is 163 Å². The molecule has 1 aromatic carbocycles. The van der Waals surface area contributed by atoms with Gasteiger partial charge < -0.3 is 10.4 Å². The van der Waals surface area contributed by atoms with Crippen molar-refractivity contribution in [2.75, 3.05) is 0 Å². The first-order valence-electron chi connectivity index (χ1n) is 8.67. The van der Waals surface area contributed by atoms with Gasteiger partial charge in [-0.15, -0.1) is 0 Å². The summed E-state index contributed by atoms with van der Waals surface area (Å²) in [6, 6.07) is 5.12. The maximum Gasteiger partial charge on any atom is 0.417 e. The van der Waals surface area contributed by atoms with Crippen LogP contribution in [-0.2, 0) is 6.18 Å². The fourth-order valence-electron chi connectivity index (χ4n) is 2.98. The molecule has 0 aliphatic carbocycles. The molecule has 0 radical (unpaired) electrons. The number of carbonyl (C=O) groups is 1. The predicted molar refractivity (Wildman–Crippen MR) is 98.3 cm³/mol. The van der Waals surface area contributed by atoms with Crippen LogP contribution < -0.4 is 0 Å². The number of carbonyl (C=O) groups excluding carboxylic acids is 1. The summed E-state index contributed by atoms with van der Waals surface area (Å²) in [7, 11) is 0. The lowest BCUT2D eigenvalue weighted by Crippen LogP contribution is -2.25. The molecule has 0 spiro atoms. The van der Waals surface area contributed by atoms with Gasteiger partial charge in [0, 0.05) is 23.5 Å². The Morgan fingerprint density at radius 1 is 1.21 bits per heavy atom. The number of ketones is 1. The minimum Gasteiger partial charge on any atom is -0.341 e. The van der Waals surface area contributed by atoms with E-state index in [9.17, 15) is 22.4 Å². The van der Waals surface area contributed by atoms with Crippen LogP contribution in [0.3, 0.4) is 0 Å². The lowest BCUT2D eigenvalue weighted by molar-refractivity contribution is -0.137. The lowest BCUT2D eigenvalue weighted by Gasteiger charge is -2.16. The Balaban J connectivity index is 1.94. The number of nitrogens with zero attached hydrogens (tertiary/aromatic N) is 2. The summed E-state index contributed by atoms with van der Waals surface area (Å²) < 4.78 is 53.2. The highest BCUT2D eigenvalue weighted by Gasteiger charge is 2.37. The second kappa shape index (κ2) is 7.94. The van der Waals surface area contributed by atoms with Gasteiger partial charge in [0.2, 0.25) is 5.78 Å². The molecule has 0 aliphatic heterocycles. The van der Waals surface area contributed by atoms with Crippen molar-refractivity contribution in [3.05, 3.63) is 71.7 Å². The highest BCUT2D eigenvalue weighted by Crippen LogP contribution is 2.34. The highest BCUT2D eigenvalue weighted by atomic mass is 19.4. The van der Waals surface area contributed by atoms with Crippen molar-refractivity contribution < 1.29 is 22.4 Å². The monoisotopic (exact) mass is 404 g/mol. The summed E-state index contributed by atoms with van der Waals surface area (Å²) in [5.41, 5.74) is -1.37. The third-order valence-corrected chi connectivity index (χ3v) is 4.45. The van der Waals surface area contributed by atoms with Crippen LogP contribution in [0.4, 0.5) is 17.6 Å². The van der Waals surface area contributed by atoms with Gasteiger partial charge in [0.05, 0.1) is 29.1 Å². The van der Waals surface area contributed by atoms with Gasteiger partial charge in [-0.3, -0.25) is 9.78 Å². The van der Waals surface area contributed by atoms with E-state index in [0.717, 1.165) is 5.56 Å². The lowest BCUT2D eigenvalue weighted by atomic mass is 9.91. The van der Waals surface area contributed by atoms with Crippen LogP contribution in [0.25, 0.3) is 11.3 Å². The van der Waals surface area contributed by atoms with Gasteiger partial charge in [-0.1, -0.05) is 6.92 Å². The number of pyridine rings is 1. The molecule has 3 aromatic rings. The van der Waals surface area contributed by atoms with Crippen molar-refractivity contribution in [2.45, 2.75) is 25.4 Å². The number of hydrogen-bond donors (Lipinski definition) is 2. The van der Waals surface area contributed by atoms with E-state index in [1.54, 1.807) is 31.5 Å². The van der Waals surface area contributed by atoms with E-state index in [-0.39, 0.29) is 12.2 Å². The van der Waals surface area contributed by atoms with E-state index in [0.29, 0.717) is 23.9 Å². The third-order valence-electron chi connectivity index (χ3n) is 4.45. The van der Waals surface area contributed by atoms with E-state index < -0.39 is 40.5 Å². The Morgan fingerprint density at radius 3 is 2.52 bits per heavy atom. The zero-order chi connectivity index (χ0) is 21.2. The Hall–Kier alpha value is -3.36. The second-order valence-corrected chi connectivity index (χ2v) is 6.31. The second-order valence-electron chi connectivity index (χ2n) is 6.31. The predicted octanol–water partition coefficient (Wildman–Crippen LogP) is 5.03. The van der Waals surface area contributed by atoms with Crippen LogP contribution >= 0.6 is 0 Å². The Kier molecular flexibility index (Phi) is 5.58. The molecule has 9 heteroatoms. The third kappa shape index (κ3) is 4.23. The quantitative estimate of drug-likeness (QED) is 0.344. The topological polar surface area (TPSA) is 82.5 Å². The molecule has 3 rings (SSSR count). The number of rotatable bonds is 6. The number of imidazole rings is 1. The van der Waals surface area contributed by atoms with Gasteiger partial charge in [-0.05, 0) is 36.8 Å². The largest absolute Gasteiger partial charge is 0.417 e. The maximum atomic E-state index is 13.5. The molecular weight excluding hydrogens is 388 g/mol. The van der Waals surface area contributed by atoms with Gasteiger partial charge in [0.25, 0.3) is 0 Å². The summed E-state index contributed by atoms with van der Waals surface area (Å²) in [5, 5.41) is 8.20. The fourth-order valence-corrected chi connectivity index (χ4v) is 2.98. The first-order chi connectivity index (χ1) is 13.7. The van der Waals surface area contributed by atoms with Gasteiger partial charge in [0.15, 0.2) is 0 Å². The molecule has 0 fully saturated rings. The van der Waals surface area contributed by atoms with Crippen LogP contribution in [0.2, 0.25) is 0 Å². The van der Waals surface area contributed by atoms with Crippen molar-refractivity contribution in [1.29, 1.82) is 5.41 Å². The first kappa shape index (κ1) is 20.4. The molecule has 0 saturated carbocycles. The van der Waals surface area contributed by atoms with Crippen molar-refractivity contribution >= 4 is 11.5 Å². The van der Waals surface area contributed by atoms with Crippen molar-refractivity contribution in [1.82, 2.24) is 15.0 Å². The number of halogens is 4. The molecular formula is C20H16F4N4O. The zero-order valence-corrected chi connectivity index (χ0v) is 15.2. The molecule has 1 atom stereocenters. The molecule has 150 valence electrons. The van der Waals surface area contributed by atoms with E-state index >= 15 is 0 Å². The van der Waals surface area contributed by atoms with E-state index in [4.69, 9.17) is 5.41 Å². The minimum atomic E-state index is -4.85. The molecule has 0 saturated heterocycles.